The Morgan fingerprint density at radius 1 is 1.50 bits per heavy atom. The van der Waals surface area contributed by atoms with Gasteiger partial charge in [0.15, 0.2) is 0 Å². The molecule has 1 heteroatoms. The number of hydrogen-bond donors (Lipinski definition) is 1. The summed E-state index contributed by atoms with van der Waals surface area (Å²) in [5.74, 6) is 0. The molecule has 0 amide bonds. The van der Waals surface area contributed by atoms with Gasteiger partial charge < -0.3 is 5.32 Å². The molecular weight excluding hydrogens is 122 g/mol. The molecule has 0 aromatic heterocycles. The summed E-state index contributed by atoms with van der Waals surface area (Å²) in [5.41, 5.74) is 0. The summed E-state index contributed by atoms with van der Waals surface area (Å²) in [6.45, 7) is 9.05. The van der Waals surface area contributed by atoms with Crippen molar-refractivity contribution in [2.45, 2.75) is 39.2 Å². The molecule has 0 rings (SSSR count). The molecule has 1 unspecified atom stereocenters. The summed E-state index contributed by atoms with van der Waals surface area (Å²) in [6.07, 6.45) is 5.69. The first-order valence-electron chi connectivity index (χ1n) is 4.19. The quantitative estimate of drug-likeness (QED) is 0.560. The lowest BCUT2D eigenvalue weighted by Crippen LogP contribution is -2.27. The van der Waals surface area contributed by atoms with Crippen LogP contribution in [0.1, 0.15) is 33.1 Å². The summed E-state index contributed by atoms with van der Waals surface area (Å²) in [6, 6.07) is 0.697. The lowest BCUT2D eigenvalue weighted by molar-refractivity contribution is 0.485. The Labute approximate surface area is 64.5 Å². The molecule has 0 saturated carbocycles. The normalized spacial score (nSPS) is 13.0. The molecule has 0 aliphatic carbocycles. The smallest absolute Gasteiger partial charge is 0.0134 e. The fourth-order valence-electron chi connectivity index (χ4n) is 1.05. The number of hydrogen-bond acceptors (Lipinski definition) is 1. The second-order valence-electron chi connectivity index (χ2n) is 2.59. The van der Waals surface area contributed by atoms with Crippen molar-refractivity contribution in [1.29, 1.82) is 0 Å². The van der Waals surface area contributed by atoms with Gasteiger partial charge in [0, 0.05) is 12.6 Å². The van der Waals surface area contributed by atoms with Gasteiger partial charge in [-0.3, -0.25) is 0 Å². The molecule has 0 saturated heterocycles. The van der Waals surface area contributed by atoms with Crippen LogP contribution in [0.25, 0.3) is 0 Å². The van der Waals surface area contributed by atoms with Crippen LogP contribution in [0, 0.1) is 0 Å². The summed E-state index contributed by atoms with van der Waals surface area (Å²) < 4.78 is 0. The van der Waals surface area contributed by atoms with E-state index in [4.69, 9.17) is 0 Å². The van der Waals surface area contributed by atoms with Gasteiger partial charge in [0.2, 0.25) is 0 Å². The molecule has 0 bridgehead atoms. The molecule has 1 atom stereocenters. The molecule has 0 fully saturated rings. The van der Waals surface area contributed by atoms with E-state index in [1.165, 1.54) is 19.3 Å². The zero-order valence-corrected chi connectivity index (χ0v) is 7.19. The summed E-state index contributed by atoms with van der Waals surface area (Å²) in [5, 5.41) is 3.40. The van der Waals surface area contributed by atoms with E-state index in [0.29, 0.717) is 6.04 Å². The maximum absolute atomic E-state index is 3.66. The van der Waals surface area contributed by atoms with Crippen molar-refractivity contribution in [2.75, 3.05) is 6.54 Å². The molecular formula is C9H19N. The zero-order valence-electron chi connectivity index (χ0n) is 7.19. The summed E-state index contributed by atoms with van der Waals surface area (Å²) in [7, 11) is 0. The zero-order chi connectivity index (χ0) is 7.82. The molecule has 0 aliphatic rings. The van der Waals surface area contributed by atoms with Gasteiger partial charge in [-0.05, 0) is 12.8 Å². The van der Waals surface area contributed by atoms with E-state index in [1.807, 2.05) is 6.08 Å². The Kier molecular flexibility index (Phi) is 6.61. The Balaban J connectivity index is 3.29. The highest BCUT2D eigenvalue weighted by Crippen LogP contribution is 1.99. The van der Waals surface area contributed by atoms with E-state index >= 15 is 0 Å². The van der Waals surface area contributed by atoms with Crippen molar-refractivity contribution in [3.05, 3.63) is 12.7 Å². The average molecular weight is 141 g/mol. The van der Waals surface area contributed by atoms with Gasteiger partial charge in [-0.1, -0.05) is 26.3 Å². The van der Waals surface area contributed by atoms with E-state index in [2.05, 4.69) is 25.7 Å². The van der Waals surface area contributed by atoms with E-state index < -0.39 is 0 Å². The van der Waals surface area contributed by atoms with Crippen molar-refractivity contribution in [1.82, 2.24) is 5.32 Å². The van der Waals surface area contributed by atoms with Crippen molar-refractivity contribution in [3.8, 4) is 0 Å². The third-order valence-electron chi connectivity index (χ3n) is 1.68. The molecule has 0 aliphatic heterocycles. The molecule has 1 N–H and O–H groups in total. The predicted molar refractivity (Wildman–Crippen MR) is 47.2 cm³/mol. The fraction of sp³-hybridized carbons (Fsp3) is 0.778. The van der Waals surface area contributed by atoms with Crippen molar-refractivity contribution >= 4 is 0 Å². The van der Waals surface area contributed by atoms with Gasteiger partial charge in [0.05, 0.1) is 0 Å². The summed E-state index contributed by atoms with van der Waals surface area (Å²) >= 11 is 0. The van der Waals surface area contributed by atoms with Gasteiger partial charge in [-0.2, -0.15) is 0 Å². The maximum atomic E-state index is 3.66. The summed E-state index contributed by atoms with van der Waals surface area (Å²) in [4.78, 5) is 0. The lowest BCUT2D eigenvalue weighted by Gasteiger charge is -2.13. The second kappa shape index (κ2) is 6.81. The van der Waals surface area contributed by atoms with Crippen LogP contribution in [0.3, 0.4) is 0 Å². The van der Waals surface area contributed by atoms with E-state index in [1.54, 1.807) is 0 Å². The minimum Gasteiger partial charge on any atom is -0.311 e. The van der Waals surface area contributed by atoms with Crippen LogP contribution < -0.4 is 5.32 Å². The van der Waals surface area contributed by atoms with E-state index in [0.717, 1.165) is 6.54 Å². The van der Waals surface area contributed by atoms with Gasteiger partial charge in [-0.25, -0.2) is 0 Å². The van der Waals surface area contributed by atoms with Gasteiger partial charge in [-0.15, -0.1) is 6.58 Å². The first-order valence-corrected chi connectivity index (χ1v) is 4.19. The Morgan fingerprint density at radius 2 is 2.20 bits per heavy atom. The van der Waals surface area contributed by atoms with Gasteiger partial charge >= 0.3 is 0 Å². The van der Waals surface area contributed by atoms with Crippen molar-refractivity contribution in [3.63, 3.8) is 0 Å². The fourth-order valence-corrected chi connectivity index (χ4v) is 1.05. The largest absolute Gasteiger partial charge is 0.311 e. The van der Waals surface area contributed by atoms with Crippen LogP contribution in [0.4, 0.5) is 0 Å². The highest BCUT2D eigenvalue weighted by molar-refractivity contribution is 4.73. The van der Waals surface area contributed by atoms with Crippen LogP contribution in [0.15, 0.2) is 12.7 Å². The molecule has 1 nitrogen and oxygen atoms in total. The first-order chi connectivity index (χ1) is 4.85. The third-order valence-corrected chi connectivity index (χ3v) is 1.68. The SMILES string of the molecule is C=CCNC(CC)CCC. The van der Waals surface area contributed by atoms with Crippen LogP contribution in [-0.4, -0.2) is 12.6 Å². The number of rotatable bonds is 6. The van der Waals surface area contributed by atoms with E-state index in [9.17, 15) is 0 Å². The van der Waals surface area contributed by atoms with Crippen molar-refractivity contribution < 1.29 is 0 Å². The minimum atomic E-state index is 0.697. The van der Waals surface area contributed by atoms with Gasteiger partial charge in [0.25, 0.3) is 0 Å². The van der Waals surface area contributed by atoms with Crippen LogP contribution in [0.5, 0.6) is 0 Å². The Bertz CT molecular complexity index is 78.8. The van der Waals surface area contributed by atoms with E-state index in [-0.39, 0.29) is 0 Å². The van der Waals surface area contributed by atoms with Crippen molar-refractivity contribution in [2.24, 2.45) is 0 Å². The number of nitrogens with one attached hydrogen (secondary N) is 1. The third kappa shape index (κ3) is 4.57. The molecule has 0 radical (unpaired) electrons. The van der Waals surface area contributed by atoms with Crippen LogP contribution in [0.2, 0.25) is 0 Å². The predicted octanol–water partition coefficient (Wildman–Crippen LogP) is 2.34. The first kappa shape index (κ1) is 9.70. The highest BCUT2D eigenvalue weighted by atomic mass is 14.9. The average Bonchev–Trinajstić information content (AvgIpc) is 1.98. The Morgan fingerprint density at radius 3 is 2.60 bits per heavy atom. The molecule has 10 heavy (non-hydrogen) atoms. The Hall–Kier alpha value is -0.300. The maximum Gasteiger partial charge on any atom is 0.0134 e. The lowest BCUT2D eigenvalue weighted by atomic mass is 10.1. The van der Waals surface area contributed by atoms with Crippen LogP contribution in [-0.2, 0) is 0 Å². The monoisotopic (exact) mass is 141 g/mol. The van der Waals surface area contributed by atoms with Crippen LogP contribution >= 0.6 is 0 Å². The standard InChI is InChI=1S/C9H19N/c1-4-7-9(6-3)10-8-5-2/h5,9-10H,2,4,6-8H2,1,3H3. The highest BCUT2D eigenvalue weighted by Gasteiger charge is 2.00. The molecule has 60 valence electrons. The topological polar surface area (TPSA) is 12.0 Å². The molecule has 0 aromatic rings. The molecule has 0 spiro atoms. The van der Waals surface area contributed by atoms with Gasteiger partial charge in [0.1, 0.15) is 0 Å². The second-order valence-corrected chi connectivity index (χ2v) is 2.59. The molecule has 0 aromatic carbocycles. The minimum absolute atomic E-state index is 0.697. The molecule has 0 heterocycles.